The predicted octanol–water partition coefficient (Wildman–Crippen LogP) is 1.94. The van der Waals surface area contributed by atoms with Gasteiger partial charge in [-0.05, 0) is 64.2 Å². The van der Waals surface area contributed by atoms with Gasteiger partial charge in [0.15, 0.2) is 0 Å². The Balaban J connectivity index is 1.61. The molecule has 3 nitrogen and oxygen atoms in total. The number of nitrogens with one attached hydrogen (secondary N) is 1. The molecule has 110 valence electrons. The SMILES string of the molecule is CNCC1(CN2CCCN3CCCC3C2)CCCC1. The first-order chi connectivity index (χ1) is 9.31. The lowest BCUT2D eigenvalue weighted by molar-refractivity contribution is 0.140. The van der Waals surface area contributed by atoms with Crippen LogP contribution in [0.25, 0.3) is 0 Å². The van der Waals surface area contributed by atoms with E-state index in [1.807, 2.05) is 0 Å². The van der Waals surface area contributed by atoms with Gasteiger partial charge in [-0.15, -0.1) is 0 Å². The van der Waals surface area contributed by atoms with Crippen LogP contribution >= 0.6 is 0 Å². The summed E-state index contributed by atoms with van der Waals surface area (Å²) in [4.78, 5) is 5.55. The molecule has 19 heavy (non-hydrogen) atoms. The molecule has 1 aliphatic carbocycles. The molecule has 0 amide bonds. The minimum Gasteiger partial charge on any atom is -0.319 e. The third-order valence-electron chi connectivity index (χ3n) is 5.66. The fourth-order valence-corrected chi connectivity index (χ4v) is 4.79. The van der Waals surface area contributed by atoms with E-state index in [-0.39, 0.29) is 0 Å². The van der Waals surface area contributed by atoms with Crippen molar-refractivity contribution in [1.82, 2.24) is 15.1 Å². The molecule has 3 heteroatoms. The molecule has 0 aromatic rings. The molecule has 1 atom stereocenters. The molecule has 3 aliphatic rings. The third kappa shape index (κ3) is 3.14. The average Bonchev–Trinajstić information content (AvgIpc) is 2.97. The zero-order valence-electron chi connectivity index (χ0n) is 12.7. The van der Waals surface area contributed by atoms with Crippen LogP contribution in [-0.2, 0) is 0 Å². The van der Waals surface area contributed by atoms with E-state index in [0.717, 1.165) is 6.04 Å². The second kappa shape index (κ2) is 6.11. The summed E-state index contributed by atoms with van der Waals surface area (Å²) in [5, 5.41) is 3.46. The van der Waals surface area contributed by atoms with Crippen LogP contribution in [0, 0.1) is 5.41 Å². The van der Waals surface area contributed by atoms with Crippen LogP contribution < -0.4 is 5.32 Å². The molecule has 3 fully saturated rings. The average molecular weight is 265 g/mol. The third-order valence-corrected chi connectivity index (χ3v) is 5.66. The topological polar surface area (TPSA) is 18.5 Å². The Labute approximate surface area is 118 Å². The van der Waals surface area contributed by atoms with E-state index >= 15 is 0 Å². The second-order valence-corrected chi connectivity index (χ2v) is 7.16. The minimum atomic E-state index is 0.586. The molecule has 0 spiro atoms. The highest BCUT2D eigenvalue weighted by atomic mass is 15.3. The minimum absolute atomic E-state index is 0.586. The molecule has 0 aromatic heterocycles. The van der Waals surface area contributed by atoms with Crippen LogP contribution in [0.2, 0.25) is 0 Å². The molecule has 0 bridgehead atoms. The summed E-state index contributed by atoms with van der Waals surface area (Å²) >= 11 is 0. The van der Waals surface area contributed by atoms with E-state index < -0.39 is 0 Å². The highest BCUT2D eigenvalue weighted by Crippen LogP contribution is 2.38. The summed E-state index contributed by atoms with van der Waals surface area (Å²) in [5.74, 6) is 0. The van der Waals surface area contributed by atoms with Crippen LogP contribution in [0.1, 0.15) is 44.9 Å². The molecule has 1 N–H and O–H groups in total. The zero-order valence-corrected chi connectivity index (χ0v) is 12.7. The van der Waals surface area contributed by atoms with Crippen molar-refractivity contribution in [2.24, 2.45) is 5.41 Å². The Morgan fingerprint density at radius 3 is 2.63 bits per heavy atom. The van der Waals surface area contributed by atoms with Crippen LogP contribution in [0.4, 0.5) is 0 Å². The maximum atomic E-state index is 3.46. The number of fused-ring (bicyclic) bond motifs is 1. The van der Waals surface area contributed by atoms with E-state index in [9.17, 15) is 0 Å². The van der Waals surface area contributed by atoms with E-state index in [2.05, 4.69) is 22.2 Å². The normalized spacial score (nSPS) is 32.4. The van der Waals surface area contributed by atoms with Crippen molar-refractivity contribution in [3.05, 3.63) is 0 Å². The lowest BCUT2D eigenvalue weighted by atomic mass is 9.85. The largest absolute Gasteiger partial charge is 0.319 e. The van der Waals surface area contributed by atoms with E-state index in [4.69, 9.17) is 0 Å². The summed E-state index contributed by atoms with van der Waals surface area (Å²) in [7, 11) is 2.13. The highest BCUT2D eigenvalue weighted by Gasteiger charge is 2.37. The molecule has 0 aromatic carbocycles. The van der Waals surface area contributed by atoms with Gasteiger partial charge in [0.2, 0.25) is 0 Å². The van der Waals surface area contributed by atoms with Crippen molar-refractivity contribution >= 4 is 0 Å². The Morgan fingerprint density at radius 1 is 1.05 bits per heavy atom. The molecule has 2 saturated heterocycles. The van der Waals surface area contributed by atoms with E-state index in [0.29, 0.717) is 5.41 Å². The Bertz CT molecular complexity index is 286. The van der Waals surface area contributed by atoms with Crippen LogP contribution in [0.15, 0.2) is 0 Å². The maximum absolute atomic E-state index is 3.46. The number of rotatable bonds is 4. The van der Waals surface area contributed by atoms with Gasteiger partial charge in [-0.2, -0.15) is 0 Å². The van der Waals surface area contributed by atoms with Crippen LogP contribution in [0.5, 0.6) is 0 Å². The van der Waals surface area contributed by atoms with Crippen LogP contribution in [-0.4, -0.2) is 62.2 Å². The van der Waals surface area contributed by atoms with Crippen molar-refractivity contribution in [2.45, 2.75) is 51.0 Å². The molecule has 2 heterocycles. The molecule has 1 saturated carbocycles. The Hall–Kier alpha value is -0.120. The number of hydrogen-bond donors (Lipinski definition) is 1. The first kappa shape index (κ1) is 13.8. The molecular formula is C16H31N3. The fraction of sp³-hybridized carbons (Fsp3) is 1.00. The van der Waals surface area contributed by atoms with Crippen molar-refractivity contribution in [2.75, 3.05) is 46.3 Å². The van der Waals surface area contributed by atoms with Crippen LogP contribution in [0.3, 0.4) is 0 Å². The maximum Gasteiger partial charge on any atom is 0.0223 e. The van der Waals surface area contributed by atoms with E-state index in [1.165, 1.54) is 84.2 Å². The van der Waals surface area contributed by atoms with Gasteiger partial charge in [0, 0.05) is 25.7 Å². The van der Waals surface area contributed by atoms with Gasteiger partial charge < -0.3 is 10.2 Å². The van der Waals surface area contributed by atoms with Gasteiger partial charge >= 0.3 is 0 Å². The predicted molar refractivity (Wildman–Crippen MR) is 80.5 cm³/mol. The van der Waals surface area contributed by atoms with Crippen molar-refractivity contribution in [1.29, 1.82) is 0 Å². The summed E-state index contributed by atoms with van der Waals surface area (Å²) in [5.41, 5.74) is 0.586. The molecule has 0 radical (unpaired) electrons. The summed E-state index contributed by atoms with van der Waals surface area (Å²) < 4.78 is 0. The number of nitrogens with zero attached hydrogens (tertiary/aromatic N) is 2. The van der Waals surface area contributed by atoms with Gasteiger partial charge in [0.05, 0.1) is 0 Å². The van der Waals surface area contributed by atoms with Crippen molar-refractivity contribution in [3.63, 3.8) is 0 Å². The first-order valence-corrected chi connectivity index (χ1v) is 8.42. The summed E-state index contributed by atoms with van der Waals surface area (Å²) in [6, 6.07) is 0.871. The Kier molecular flexibility index (Phi) is 4.45. The van der Waals surface area contributed by atoms with Gasteiger partial charge in [0.1, 0.15) is 0 Å². The molecular weight excluding hydrogens is 234 g/mol. The first-order valence-electron chi connectivity index (χ1n) is 8.42. The van der Waals surface area contributed by atoms with Crippen molar-refractivity contribution in [3.8, 4) is 0 Å². The molecule has 1 unspecified atom stereocenters. The second-order valence-electron chi connectivity index (χ2n) is 7.16. The zero-order chi connectivity index (χ0) is 13.1. The standard InChI is InChI=1S/C16H31N3/c1-17-13-16(7-2-3-8-16)14-18-9-5-11-19-10-4-6-15(19)12-18/h15,17H,2-14H2,1H3. The lowest BCUT2D eigenvalue weighted by Gasteiger charge is -2.36. The molecule has 3 rings (SSSR count). The van der Waals surface area contributed by atoms with E-state index in [1.54, 1.807) is 0 Å². The number of hydrogen-bond acceptors (Lipinski definition) is 3. The smallest absolute Gasteiger partial charge is 0.0223 e. The monoisotopic (exact) mass is 265 g/mol. The van der Waals surface area contributed by atoms with Gasteiger partial charge in [-0.1, -0.05) is 12.8 Å². The highest BCUT2D eigenvalue weighted by molar-refractivity contribution is 4.92. The lowest BCUT2D eigenvalue weighted by Crippen LogP contribution is -2.45. The molecule has 2 aliphatic heterocycles. The summed E-state index contributed by atoms with van der Waals surface area (Å²) in [6.07, 6.45) is 10.0. The fourth-order valence-electron chi connectivity index (χ4n) is 4.79. The van der Waals surface area contributed by atoms with Crippen molar-refractivity contribution < 1.29 is 0 Å². The summed E-state index contributed by atoms with van der Waals surface area (Å²) in [6.45, 7) is 7.94. The van der Waals surface area contributed by atoms with Gasteiger partial charge in [-0.25, -0.2) is 0 Å². The quantitative estimate of drug-likeness (QED) is 0.838. The van der Waals surface area contributed by atoms with Gasteiger partial charge in [0.25, 0.3) is 0 Å². The van der Waals surface area contributed by atoms with Gasteiger partial charge in [-0.3, -0.25) is 4.90 Å². The Morgan fingerprint density at radius 2 is 1.84 bits per heavy atom.